The van der Waals surface area contributed by atoms with Crippen LogP contribution in [-0.4, -0.2) is 68.7 Å². The highest BCUT2D eigenvalue weighted by Gasteiger charge is 2.31. The van der Waals surface area contributed by atoms with Gasteiger partial charge in [0.15, 0.2) is 5.13 Å². The number of hydrogen-bond acceptors (Lipinski definition) is 8. The number of anilines is 1. The number of hydrogen-bond donors (Lipinski definition) is 0. The van der Waals surface area contributed by atoms with E-state index in [4.69, 9.17) is 24.4 Å². The predicted octanol–water partition coefficient (Wildman–Crippen LogP) is 4.80. The maximum atomic E-state index is 13.9. The molecular formula is C27H31N5O3S. The third kappa shape index (κ3) is 5.21. The number of amides is 1. The number of ether oxygens (including phenoxy) is 2. The van der Waals surface area contributed by atoms with Gasteiger partial charge in [-0.1, -0.05) is 23.5 Å². The van der Waals surface area contributed by atoms with Gasteiger partial charge >= 0.3 is 0 Å². The quantitative estimate of drug-likeness (QED) is 0.464. The van der Waals surface area contributed by atoms with E-state index in [1.807, 2.05) is 60.3 Å². The van der Waals surface area contributed by atoms with Crippen molar-refractivity contribution in [3.63, 3.8) is 0 Å². The fraction of sp³-hybridized carbons (Fsp3) is 0.407. The lowest BCUT2D eigenvalue weighted by Gasteiger charge is -2.22. The van der Waals surface area contributed by atoms with Crippen molar-refractivity contribution in [1.82, 2.24) is 9.88 Å². The summed E-state index contributed by atoms with van der Waals surface area (Å²) in [7, 11) is 7.21. The summed E-state index contributed by atoms with van der Waals surface area (Å²) in [5, 5.41) is 0.798. The highest BCUT2D eigenvalue weighted by atomic mass is 32.1. The molecule has 1 aliphatic heterocycles. The van der Waals surface area contributed by atoms with Crippen LogP contribution in [0, 0.1) is 5.92 Å². The van der Waals surface area contributed by atoms with Crippen molar-refractivity contribution in [2.45, 2.75) is 25.7 Å². The normalized spacial score (nSPS) is 16.4. The minimum atomic E-state index is -0.0460. The molecule has 0 unspecified atom stereocenters. The summed E-state index contributed by atoms with van der Waals surface area (Å²) in [5.74, 6) is 2.90. The third-order valence-corrected chi connectivity index (χ3v) is 7.71. The zero-order valence-corrected chi connectivity index (χ0v) is 22.0. The first-order chi connectivity index (χ1) is 17.4. The second kappa shape index (κ2) is 10.3. The third-order valence-electron chi connectivity index (χ3n) is 6.44. The van der Waals surface area contributed by atoms with Crippen molar-refractivity contribution in [2.24, 2.45) is 15.9 Å². The largest absolute Gasteiger partial charge is 0.501 e. The summed E-state index contributed by atoms with van der Waals surface area (Å²) >= 11 is 1.52. The fourth-order valence-corrected chi connectivity index (χ4v) is 5.21. The molecule has 5 rings (SSSR count). The molecule has 3 aliphatic rings. The number of fused-ring (bicyclic) bond motifs is 1. The van der Waals surface area contributed by atoms with E-state index in [2.05, 4.69) is 0 Å². The summed E-state index contributed by atoms with van der Waals surface area (Å²) < 4.78 is 10.8. The molecule has 1 aromatic carbocycles. The van der Waals surface area contributed by atoms with Gasteiger partial charge in [0.2, 0.25) is 0 Å². The van der Waals surface area contributed by atoms with E-state index in [0.717, 1.165) is 63.7 Å². The van der Waals surface area contributed by atoms with Gasteiger partial charge in [0, 0.05) is 40.0 Å². The molecule has 36 heavy (non-hydrogen) atoms. The molecule has 2 aliphatic carbocycles. The number of thiazole rings is 1. The topological polar surface area (TPSA) is 79.6 Å². The van der Waals surface area contributed by atoms with Crippen molar-refractivity contribution in [3.05, 3.63) is 53.6 Å². The van der Waals surface area contributed by atoms with Crippen LogP contribution >= 0.6 is 11.3 Å². The Bertz CT molecular complexity index is 1290. The number of aliphatic imine (C=N–C) groups is 2. The first kappa shape index (κ1) is 24.2. The maximum absolute atomic E-state index is 13.9. The van der Waals surface area contributed by atoms with Crippen molar-refractivity contribution in [1.29, 1.82) is 0 Å². The zero-order valence-electron chi connectivity index (χ0n) is 21.2. The Kier molecular flexibility index (Phi) is 6.91. The van der Waals surface area contributed by atoms with Crippen molar-refractivity contribution >= 4 is 33.9 Å². The molecule has 1 fully saturated rings. The lowest BCUT2D eigenvalue weighted by Crippen LogP contribution is -2.35. The molecule has 0 saturated heterocycles. The highest BCUT2D eigenvalue weighted by molar-refractivity contribution is 7.19. The summed E-state index contributed by atoms with van der Waals surface area (Å²) in [4.78, 5) is 32.9. The Labute approximate surface area is 215 Å². The van der Waals surface area contributed by atoms with Gasteiger partial charge < -0.3 is 19.3 Å². The Balaban J connectivity index is 1.38. The summed E-state index contributed by atoms with van der Waals surface area (Å²) in [6.07, 6.45) is 7.45. The van der Waals surface area contributed by atoms with E-state index in [1.165, 1.54) is 11.3 Å². The SMILES string of the molecule is COC1=CC=C2N=C(CCN(CC3CC3)C(=O)c3nc(N(C)C)sc3-c3cccc(OC)c3)N=C2C1. The molecule has 0 atom stereocenters. The summed E-state index contributed by atoms with van der Waals surface area (Å²) in [5.41, 5.74) is 3.24. The van der Waals surface area contributed by atoms with Crippen LogP contribution in [0.5, 0.6) is 5.75 Å². The summed E-state index contributed by atoms with van der Waals surface area (Å²) in [6, 6.07) is 7.80. The molecule has 0 N–H and O–H groups in total. The molecule has 1 saturated carbocycles. The second-order valence-corrected chi connectivity index (χ2v) is 10.4. The minimum Gasteiger partial charge on any atom is -0.501 e. The average molecular weight is 506 g/mol. The number of methoxy groups -OCH3 is 2. The Hall–Kier alpha value is -3.46. The van der Waals surface area contributed by atoms with E-state index in [0.29, 0.717) is 31.0 Å². The number of carbonyl (C=O) groups excluding carboxylic acids is 1. The standard InChI is InChI=1S/C27H31N5O3S/c1-31(2)27-30-24(25(36-27)18-6-5-7-19(14-18)34-3)26(33)32(16-17-8-9-17)13-12-23-28-21-11-10-20(35-4)15-22(21)29-23/h5-7,10-11,14,17H,8-9,12-13,15-16H2,1-4H3. The van der Waals surface area contributed by atoms with E-state index < -0.39 is 0 Å². The van der Waals surface area contributed by atoms with Gasteiger partial charge in [0.25, 0.3) is 5.91 Å². The van der Waals surface area contributed by atoms with Crippen molar-refractivity contribution in [2.75, 3.05) is 46.3 Å². The van der Waals surface area contributed by atoms with Gasteiger partial charge in [-0.25, -0.2) is 15.0 Å². The highest BCUT2D eigenvalue weighted by Crippen LogP contribution is 2.37. The molecular weight excluding hydrogens is 474 g/mol. The summed E-state index contributed by atoms with van der Waals surface area (Å²) in [6.45, 7) is 1.28. The molecule has 1 amide bonds. The van der Waals surface area contributed by atoms with Crippen LogP contribution in [-0.2, 0) is 4.74 Å². The average Bonchev–Trinajstić information content (AvgIpc) is 3.44. The number of aromatic nitrogens is 1. The maximum Gasteiger partial charge on any atom is 0.274 e. The van der Waals surface area contributed by atoms with Gasteiger partial charge in [-0.05, 0) is 48.6 Å². The van der Waals surface area contributed by atoms with Crippen LogP contribution < -0.4 is 9.64 Å². The van der Waals surface area contributed by atoms with E-state index in [9.17, 15) is 4.79 Å². The first-order valence-electron chi connectivity index (χ1n) is 12.2. The lowest BCUT2D eigenvalue weighted by atomic mass is 10.1. The lowest BCUT2D eigenvalue weighted by molar-refractivity contribution is 0.0748. The zero-order chi connectivity index (χ0) is 25.2. The van der Waals surface area contributed by atoms with Gasteiger partial charge in [-0.2, -0.15) is 0 Å². The number of carbonyl (C=O) groups is 1. The van der Waals surface area contributed by atoms with Crippen molar-refractivity contribution in [3.8, 4) is 16.2 Å². The van der Waals surface area contributed by atoms with Gasteiger partial charge in [0.1, 0.15) is 23.0 Å². The molecule has 2 heterocycles. The van der Waals surface area contributed by atoms with Crippen LogP contribution in [0.2, 0.25) is 0 Å². The molecule has 1 aromatic heterocycles. The van der Waals surface area contributed by atoms with Crippen LogP contribution in [0.1, 0.15) is 36.2 Å². The molecule has 0 spiro atoms. The Morgan fingerprint density at radius 1 is 1.14 bits per heavy atom. The van der Waals surface area contributed by atoms with Crippen LogP contribution in [0.4, 0.5) is 5.13 Å². The van der Waals surface area contributed by atoms with Crippen LogP contribution in [0.3, 0.4) is 0 Å². The number of rotatable bonds is 10. The molecule has 2 aromatic rings. The smallest absolute Gasteiger partial charge is 0.274 e. The van der Waals surface area contributed by atoms with E-state index >= 15 is 0 Å². The van der Waals surface area contributed by atoms with Gasteiger partial charge in [0.05, 0.1) is 30.5 Å². The fourth-order valence-electron chi connectivity index (χ4n) is 4.23. The second-order valence-electron chi connectivity index (χ2n) is 9.40. The predicted molar refractivity (Wildman–Crippen MR) is 144 cm³/mol. The van der Waals surface area contributed by atoms with Gasteiger partial charge in [-0.15, -0.1) is 0 Å². The van der Waals surface area contributed by atoms with Gasteiger partial charge in [-0.3, -0.25) is 4.79 Å². The molecule has 188 valence electrons. The van der Waals surface area contributed by atoms with Crippen LogP contribution in [0.25, 0.3) is 10.4 Å². The number of allylic oxidation sites excluding steroid dienone is 4. The van der Waals surface area contributed by atoms with Crippen LogP contribution in [0.15, 0.2) is 57.9 Å². The van der Waals surface area contributed by atoms with E-state index in [-0.39, 0.29) is 5.91 Å². The van der Waals surface area contributed by atoms with Crippen molar-refractivity contribution < 1.29 is 14.3 Å². The molecule has 0 bridgehead atoms. The number of nitrogens with zero attached hydrogens (tertiary/aromatic N) is 5. The Morgan fingerprint density at radius 3 is 2.69 bits per heavy atom. The first-order valence-corrected chi connectivity index (χ1v) is 13.0. The Morgan fingerprint density at radius 2 is 1.97 bits per heavy atom. The number of benzene rings is 1. The molecule has 9 heteroatoms. The molecule has 8 nitrogen and oxygen atoms in total. The molecule has 0 radical (unpaired) electrons. The monoisotopic (exact) mass is 505 g/mol. The number of amidine groups is 1. The van der Waals surface area contributed by atoms with E-state index in [1.54, 1.807) is 14.2 Å². The minimum absolute atomic E-state index is 0.0460.